The number of rotatable bonds is 6. The quantitative estimate of drug-likeness (QED) is 0.806. The Kier molecular flexibility index (Phi) is 5.66. The summed E-state index contributed by atoms with van der Waals surface area (Å²) in [4.78, 5) is 19.5. The molecule has 0 bridgehead atoms. The molecule has 1 unspecified atom stereocenters. The van der Waals surface area contributed by atoms with E-state index in [1.165, 1.54) is 0 Å². The van der Waals surface area contributed by atoms with Crippen molar-refractivity contribution in [3.63, 3.8) is 0 Å². The van der Waals surface area contributed by atoms with Crippen LogP contribution in [0.15, 0.2) is 29.4 Å². The smallest absolute Gasteiger partial charge is 0.233 e. The topological polar surface area (TPSA) is 45.2 Å². The minimum Gasteiger partial charge on any atom is -0.338 e. The van der Waals surface area contributed by atoms with Gasteiger partial charge in [0.05, 0.1) is 5.75 Å². The van der Waals surface area contributed by atoms with Crippen LogP contribution < -0.4 is 5.32 Å². The highest BCUT2D eigenvalue weighted by Crippen LogP contribution is 2.18. The first-order valence-electron chi connectivity index (χ1n) is 6.84. The molecule has 19 heavy (non-hydrogen) atoms. The molecule has 0 aromatic carbocycles. The summed E-state index contributed by atoms with van der Waals surface area (Å²) < 4.78 is 0. The van der Waals surface area contributed by atoms with Crippen LogP contribution in [0.3, 0.4) is 0 Å². The van der Waals surface area contributed by atoms with Crippen molar-refractivity contribution in [2.75, 3.05) is 25.4 Å². The second-order valence-corrected chi connectivity index (χ2v) is 5.75. The van der Waals surface area contributed by atoms with Gasteiger partial charge in [0.1, 0.15) is 0 Å². The highest BCUT2D eigenvalue weighted by atomic mass is 32.2. The molecule has 2 heterocycles. The van der Waals surface area contributed by atoms with Crippen LogP contribution in [0.1, 0.15) is 19.8 Å². The zero-order chi connectivity index (χ0) is 13.5. The van der Waals surface area contributed by atoms with Crippen LogP contribution in [0.5, 0.6) is 0 Å². The molecule has 4 nitrogen and oxygen atoms in total. The number of carbonyl (C=O) groups is 1. The lowest BCUT2D eigenvalue weighted by atomic mass is 10.2. The van der Waals surface area contributed by atoms with E-state index in [0.29, 0.717) is 11.8 Å². The van der Waals surface area contributed by atoms with Crippen molar-refractivity contribution in [3.8, 4) is 0 Å². The van der Waals surface area contributed by atoms with E-state index in [1.54, 1.807) is 24.2 Å². The Morgan fingerprint density at radius 3 is 2.95 bits per heavy atom. The fourth-order valence-corrected chi connectivity index (χ4v) is 3.09. The molecule has 1 fully saturated rings. The number of thioether (sulfide) groups is 1. The van der Waals surface area contributed by atoms with Crippen molar-refractivity contribution in [2.45, 2.75) is 30.7 Å². The van der Waals surface area contributed by atoms with E-state index in [2.05, 4.69) is 17.2 Å². The van der Waals surface area contributed by atoms with Crippen molar-refractivity contribution in [2.24, 2.45) is 0 Å². The molecule has 0 aliphatic carbocycles. The molecule has 1 aromatic rings. The molecule has 2 rings (SSSR count). The van der Waals surface area contributed by atoms with Gasteiger partial charge in [-0.1, -0.05) is 6.92 Å². The van der Waals surface area contributed by atoms with Gasteiger partial charge in [0, 0.05) is 36.4 Å². The number of nitrogens with zero attached hydrogens (tertiary/aromatic N) is 2. The molecule has 1 N–H and O–H groups in total. The number of hydrogen-bond donors (Lipinski definition) is 1. The molecule has 0 saturated carbocycles. The Morgan fingerprint density at radius 1 is 1.53 bits per heavy atom. The Balaban J connectivity index is 1.88. The van der Waals surface area contributed by atoms with E-state index in [-0.39, 0.29) is 5.91 Å². The first-order chi connectivity index (χ1) is 9.31. The molecule has 1 aromatic heterocycles. The van der Waals surface area contributed by atoms with Crippen LogP contribution in [-0.2, 0) is 4.79 Å². The monoisotopic (exact) mass is 279 g/mol. The maximum atomic E-state index is 12.4. The molecule has 0 radical (unpaired) electrons. The minimum atomic E-state index is 0.248. The molecule has 1 amide bonds. The van der Waals surface area contributed by atoms with E-state index >= 15 is 0 Å². The Hall–Kier alpha value is -1.07. The molecule has 1 aliphatic rings. The molecule has 1 atom stereocenters. The summed E-state index contributed by atoms with van der Waals surface area (Å²) >= 11 is 1.59. The number of hydrogen-bond acceptors (Lipinski definition) is 4. The van der Waals surface area contributed by atoms with E-state index in [9.17, 15) is 4.79 Å². The summed E-state index contributed by atoms with van der Waals surface area (Å²) in [5.74, 6) is 0.762. The predicted molar refractivity (Wildman–Crippen MR) is 78.2 cm³/mol. The van der Waals surface area contributed by atoms with Gasteiger partial charge in [-0.05, 0) is 31.5 Å². The van der Waals surface area contributed by atoms with Gasteiger partial charge < -0.3 is 10.2 Å². The van der Waals surface area contributed by atoms with E-state index < -0.39 is 0 Å². The van der Waals surface area contributed by atoms with Gasteiger partial charge in [0.15, 0.2) is 0 Å². The first-order valence-corrected chi connectivity index (χ1v) is 7.83. The van der Waals surface area contributed by atoms with E-state index in [1.807, 2.05) is 17.0 Å². The summed E-state index contributed by atoms with van der Waals surface area (Å²) in [5, 5.41) is 3.33. The minimum absolute atomic E-state index is 0.248. The summed E-state index contributed by atoms with van der Waals surface area (Å²) in [6.07, 6.45) is 5.61. The second kappa shape index (κ2) is 7.50. The van der Waals surface area contributed by atoms with Crippen molar-refractivity contribution in [3.05, 3.63) is 24.5 Å². The molecular weight excluding hydrogens is 258 g/mol. The number of pyridine rings is 1. The zero-order valence-electron chi connectivity index (χ0n) is 11.3. The normalized spacial score (nSPS) is 18.5. The van der Waals surface area contributed by atoms with Crippen LogP contribution in [0.25, 0.3) is 0 Å². The van der Waals surface area contributed by atoms with Crippen molar-refractivity contribution in [1.82, 2.24) is 15.2 Å². The molecular formula is C14H21N3OS. The van der Waals surface area contributed by atoms with Gasteiger partial charge in [-0.25, -0.2) is 0 Å². The first kappa shape index (κ1) is 14.3. The zero-order valence-corrected chi connectivity index (χ0v) is 12.2. The third kappa shape index (κ3) is 4.21. The Bertz CT molecular complexity index is 393. The number of nitrogens with one attached hydrogen (secondary N) is 1. The number of carbonyl (C=O) groups excluding carboxylic acids is 1. The number of amides is 1. The summed E-state index contributed by atoms with van der Waals surface area (Å²) in [6.45, 7) is 4.95. The predicted octanol–water partition coefficient (Wildman–Crippen LogP) is 1.77. The van der Waals surface area contributed by atoms with Gasteiger partial charge >= 0.3 is 0 Å². The van der Waals surface area contributed by atoms with Crippen LogP contribution in [0, 0.1) is 0 Å². The third-order valence-corrected chi connectivity index (χ3v) is 4.27. The lowest BCUT2D eigenvalue weighted by molar-refractivity contribution is -0.130. The SMILES string of the molecule is CCCN(C(=O)CSc1ccncc1)C1CCNC1. The highest BCUT2D eigenvalue weighted by molar-refractivity contribution is 8.00. The maximum absolute atomic E-state index is 12.4. The average Bonchev–Trinajstić information content (AvgIpc) is 2.97. The van der Waals surface area contributed by atoms with Crippen molar-refractivity contribution in [1.29, 1.82) is 0 Å². The summed E-state index contributed by atoms with van der Waals surface area (Å²) in [5.41, 5.74) is 0. The van der Waals surface area contributed by atoms with Crippen molar-refractivity contribution < 1.29 is 4.79 Å². The van der Waals surface area contributed by atoms with Crippen LogP contribution in [0.4, 0.5) is 0 Å². The second-order valence-electron chi connectivity index (χ2n) is 4.71. The molecule has 5 heteroatoms. The van der Waals surface area contributed by atoms with Gasteiger partial charge in [-0.2, -0.15) is 0 Å². The molecule has 0 spiro atoms. The summed E-state index contributed by atoms with van der Waals surface area (Å²) in [6, 6.07) is 4.27. The lowest BCUT2D eigenvalue weighted by Crippen LogP contribution is -2.43. The van der Waals surface area contributed by atoms with Crippen LogP contribution in [-0.4, -0.2) is 47.2 Å². The molecule has 1 aliphatic heterocycles. The van der Waals surface area contributed by atoms with E-state index in [0.717, 1.165) is 37.4 Å². The van der Waals surface area contributed by atoms with Gasteiger partial charge in [-0.15, -0.1) is 11.8 Å². The average molecular weight is 279 g/mol. The van der Waals surface area contributed by atoms with Gasteiger partial charge in [0.25, 0.3) is 0 Å². The summed E-state index contributed by atoms with van der Waals surface area (Å²) in [7, 11) is 0. The standard InChI is InChI=1S/C14H21N3OS/c1-2-9-17(12-3-6-16-10-12)14(18)11-19-13-4-7-15-8-5-13/h4-5,7-8,12,16H,2-3,6,9-11H2,1H3. The van der Waals surface area contributed by atoms with Crippen LogP contribution >= 0.6 is 11.8 Å². The maximum Gasteiger partial charge on any atom is 0.233 e. The van der Waals surface area contributed by atoms with Crippen LogP contribution in [0.2, 0.25) is 0 Å². The highest BCUT2D eigenvalue weighted by Gasteiger charge is 2.25. The largest absolute Gasteiger partial charge is 0.338 e. The third-order valence-electron chi connectivity index (χ3n) is 3.27. The van der Waals surface area contributed by atoms with Gasteiger partial charge in [-0.3, -0.25) is 9.78 Å². The fraction of sp³-hybridized carbons (Fsp3) is 0.571. The van der Waals surface area contributed by atoms with E-state index in [4.69, 9.17) is 0 Å². The van der Waals surface area contributed by atoms with Crippen molar-refractivity contribution >= 4 is 17.7 Å². The number of aromatic nitrogens is 1. The van der Waals surface area contributed by atoms with Gasteiger partial charge in [0.2, 0.25) is 5.91 Å². The molecule has 104 valence electrons. The molecule has 1 saturated heterocycles. The Labute approximate surface area is 119 Å². The lowest BCUT2D eigenvalue weighted by Gasteiger charge is -2.28. The fourth-order valence-electron chi connectivity index (χ4n) is 2.32. The Morgan fingerprint density at radius 2 is 2.32 bits per heavy atom.